The zero-order valence-corrected chi connectivity index (χ0v) is 13.4. The lowest BCUT2D eigenvalue weighted by Gasteiger charge is -2.35. The number of nitrogens with zero attached hydrogens (tertiary/aromatic N) is 5. The standard InChI is InChI=1S/C14H20N6O3/c1-14(2,3)23-13(21)20-7-5-19(6-8-20)12-15-11(16-17-12)10-4-9-22-18-10/h4,9H,5-8H2,1-3H3,(H,15,16,17). The molecule has 0 radical (unpaired) electrons. The molecule has 3 heterocycles. The molecule has 124 valence electrons. The second kappa shape index (κ2) is 5.90. The van der Waals surface area contributed by atoms with Crippen molar-refractivity contribution in [3.63, 3.8) is 0 Å². The number of anilines is 1. The molecular weight excluding hydrogens is 300 g/mol. The van der Waals surface area contributed by atoms with Crippen LogP contribution in [0.2, 0.25) is 0 Å². The van der Waals surface area contributed by atoms with Gasteiger partial charge in [-0.05, 0) is 20.8 Å². The summed E-state index contributed by atoms with van der Waals surface area (Å²) in [7, 11) is 0. The van der Waals surface area contributed by atoms with Gasteiger partial charge < -0.3 is 19.1 Å². The fraction of sp³-hybridized carbons (Fsp3) is 0.571. The fourth-order valence-corrected chi connectivity index (χ4v) is 2.26. The molecule has 23 heavy (non-hydrogen) atoms. The van der Waals surface area contributed by atoms with E-state index < -0.39 is 5.60 Å². The number of rotatable bonds is 2. The van der Waals surface area contributed by atoms with Crippen LogP contribution >= 0.6 is 0 Å². The maximum atomic E-state index is 12.0. The van der Waals surface area contributed by atoms with Gasteiger partial charge in [0.1, 0.15) is 11.9 Å². The predicted molar refractivity (Wildman–Crippen MR) is 81.9 cm³/mol. The third-order valence-corrected chi connectivity index (χ3v) is 3.37. The Kier molecular flexibility index (Phi) is 3.93. The number of carbonyl (C=O) groups excluding carboxylic acids is 1. The summed E-state index contributed by atoms with van der Waals surface area (Å²) in [6.07, 6.45) is 1.20. The highest BCUT2D eigenvalue weighted by atomic mass is 16.6. The Hall–Kier alpha value is -2.58. The van der Waals surface area contributed by atoms with Gasteiger partial charge in [-0.3, -0.25) is 5.10 Å². The van der Waals surface area contributed by atoms with E-state index in [4.69, 9.17) is 9.26 Å². The molecular formula is C14H20N6O3. The predicted octanol–water partition coefficient (Wildman–Crippen LogP) is 1.52. The lowest BCUT2D eigenvalue weighted by atomic mass is 10.2. The van der Waals surface area contributed by atoms with Crippen LogP contribution in [0.5, 0.6) is 0 Å². The molecule has 0 aromatic carbocycles. The molecule has 0 unspecified atom stereocenters. The number of amides is 1. The van der Waals surface area contributed by atoms with Crippen LogP contribution < -0.4 is 4.90 Å². The van der Waals surface area contributed by atoms with Gasteiger partial charge in [-0.15, -0.1) is 5.10 Å². The quantitative estimate of drug-likeness (QED) is 0.895. The first-order valence-corrected chi connectivity index (χ1v) is 7.48. The number of ether oxygens (including phenoxy) is 1. The fourth-order valence-electron chi connectivity index (χ4n) is 2.26. The second-order valence-corrected chi connectivity index (χ2v) is 6.32. The van der Waals surface area contributed by atoms with Crippen LogP contribution in [0.25, 0.3) is 11.5 Å². The minimum Gasteiger partial charge on any atom is -0.444 e. The molecule has 9 heteroatoms. The van der Waals surface area contributed by atoms with Crippen LogP contribution in [-0.4, -0.2) is 63.1 Å². The van der Waals surface area contributed by atoms with Crippen molar-refractivity contribution >= 4 is 12.0 Å². The van der Waals surface area contributed by atoms with Gasteiger partial charge in [-0.2, -0.15) is 4.98 Å². The third kappa shape index (κ3) is 3.61. The van der Waals surface area contributed by atoms with Gasteiger partial charge in [0.15, 0.2) is 11.5 Å². The van der Waals surface area contributed by atoms with Crippen LogP contribution in [0.3, 0.4) is 0 Å². The van der Waals surface area contributed by atoms with Gasteiger partial charge in [-0.25, -0.2) is 4.79 Å². The van der Waals surface area contributed by atoms with Gasteiger partial charge >= 0.3 is 6.09 Å². The van der Waals surface area contributed by atoms with E-state index in [1.54, 1.807) is 11.0 Å². The average Bonchev–Trinajstić information content (AvgIpc) is 3.17. The number of piperazine rings is 1. The van der Waals surface area contributed by atoms with Crippen LogP contribution in [0.1, 0.15) is 20.8 Å². The van der Waals surface area contributed by atoms with Crippen molar-refractivity contribution in [1.82, 2.24) is 25.2 Å². The summed E-state index contributed by atoms with van der Waals surface area (Å²) in [6.45, 7) is 8.02. The molecule has 0 bridgehead atoms. The smallest absolute Gasteiger partial charge is 0.410 e. The largest absolute Gasteiger partial charge is 0.444 e. The average molecular weight is 320 g/mol. The van der Waals surface area contributed by atoms with Crippen molar-refractivity contribution in [2.24, 2.45) is 0 Å². The Morgan fingerprint density at radius 3 is 2.65 bits per heavy atom. The molecule has 0 atom stereocenters. The molecule has 0 saturated carbocycles. The Balaban J connectivity index is 1.58. The second-order valence-electron chi connectivity index (χ2n) is 6.32. The van der Waals surface area contributed by atoms with E-state index in [1.165, 1.54) is 6.26 Å². The molecule has 1 saturated heterocycles. The summed E-state index contributed by atoms with van der Waals surface area (Å²) >= 11 is 0. The third-order valence-electron chi connectivity index (χ3n) is 3.37. The first-order chi connectivity index (χ1) is 10.9. The molecule has 3 rings (SSSR count). The summed E-state index contributed by atoms with van der Waals surface area (Å²) in [5.74, 6) is 1.15. The maximum absolute atomic E-state index is 12.0. The van der Waals surface area contributed by atoms with E-state index in [-0.39, 0.29) is 6.09 Å². The van der Waals surface area contributed by atoms with E-state index in [2.05, 4.69) is 20.3 Å². The van der Waals surface area contributed by atoms with Crippen molar-refractivity contribution in [2.75, 3.05) is 31.1 Å². The molecule has 0 aliphatic carbocycles. The lowest BCUT2D eigenvalue weighted by molar-refractivity contribution is 0.0240. The summed E-state index contributed by atoms with van der Waals surface area (Å²) < 4.78 is 10.2. The topological polar surface area (TPSA) is 100 Å². The zero-order chi connectivity index (χ0) is 16.4. The summed E-state index contributed by atoms with van der Waals surface area (Å²) in [5, 5.41) is 10.9. The Labute approximate surface area is 133 Å². The summed E-state index contributed by atoms with van der Waals surface area (Å²) in [6, 6.07) is 1.71. The van der Waals surface area contributed by atoms with Crippen molar-refractivity contribution in [1.29, 1.82) is 0 Å². The SMILES string of the molecule is CC(C)(C)OC(=O)N1CCN(c2n[nH]c(-c3ccon3)n2)CC1. The lowest BCUT2D eigenvalue weighted by Crippen LogP contribution is -2.50. The van der Waals surface area contributed by atoms with Crippen LogP contribution in [-0.2, 0) is 4.74 Å². The van der Waals surface area contributed by atoms with Crippen LogP contribution in [0.4, 0.5) is 10.7 Å². The minimum absolute atomic E-state index is 0.282. The number of aromatic amines is 1. The molecule has 1 aliphatic rings. The van der Waals surface area contributed by atoms with Gasteiger partial charge in [0, 0.05) is 32.2 Å². The highest BCUT2D eigenvalue weighted by molar-refractivity contribution is 5.68. The van der Waals surface area contributed by atoms with Crippen molar-refractivity contribution in [3.8, 4) is 11.5 Å². The molecule has 0 spiro atoms. The monoisotopic (exact) mass is 320 g/mol. The maximum Gasteiger partial charge on any atom is 0.410 e. The van der Waals surface area contributed by atoms with Crippen molar-refractivity contribution in [3.05, 3.63) is 12.3 Å². The molecule has 1 N–H and O–H groups in total. The Morgan fingerprint density at radius 1 is 1.30 bits per heavy atom. The molecule has 2 aromatic rings. The summed E-state index contributed by atoms with van der Waals surface area (Å²) in [4.78, 5) is 20.2. The van der Waals surface area contributed by atoms with Crippen LogP contribution in [0, 0.1) is 0 Å². The normalized spacial score (nSPS) is 15.8. The van der Waals surface area contributed by atoms with Gasteiger partial charge in [0.05, 0.1) is 0 Å². The highest BCUT2D eigenvalue weighted by Crippen LogP contribution is 2.18. The van der Waals surface area contributed by atoms with Crippen molar-refractivity contribution in [2.45, 2.75) is 26.4 Å². The molecule has 1 amide bonds. The van der Waals surface area contributed by atoms with Gasteiger partial charge in [0.25, 0.3) is 0 Å². The van der Waals surface area contributed by atoms with E-state index in [0.29, 0.717) is 43.6 Å². The molecule has 1 fully saturated rings. The van der Waals surface area contributed by atoms with E-state index >= 15 is 0 Å². The minimum atomic E-state index is -0.482. The number of aromatic nitrogens is 4. The number of nitrogens with one attached hydrogen (secondary N) is 1. The van der Waals surface area contributed by atoms with Crippen molar-refractivity contribution < 1.29 is 14.1 Å². The zero-order valence-electron chi connectivity index (χ0n) is 13.4. The van der Waals surface area contributed by atoms with Gasteiger partial charge in [0.2, 0.25) is 5.95 Å². The molecule has 2 aromatic heterocycles. The van der Waals surface area contributed by atoms with E-state index in [0.717, 1.165) is 0 Å². The van der Waals surface area contributed by atoms with E-state index in [9.17, 15) is 4.79 Å². The number of hydrogen-bond donors (Lipinski definition) is 1. The van der Waals surface area contributed by atoms with Crippen LogP contribution in [0.15, 0.2) is 16.9 Å². The first kappa shape index (κ1) is 15.3. The molecule has 9 nitrogen and oxygen atoms in total. The summed E-state index contributed by atoms with van der Waals surface area (Å²) in [5.41, 5.74) is 0.126. The van der Waals surface area contributed by atoms with E-state index in [1.807, 2.05) is 25.7 Å². The Morgan fingerprint density at radius 2 is 2.04 bits per heavy atom. The highest BCUT2D eigenvalue weighted by Gasteiger charge is 2.27. The number of hydrogen-bond acceptors (Lipinski definition) is 7. The number of H-pyrrole nitrogens is 1. The first-order valence-electron chi connectivity index (χ1n) is 7.48. The van der Waals surface area contributed by atoms with Gasteiger partial charge in [-0.1, -0.05) is 5.16 Å². The Bertz CT molecular complexity index is 652. The molecule has 1 aliphatic heterocycles. The number of carbonyl (C=O) groups is 1.